The second-order valence-corrected chi connectivity index (χ2v) is 9.83. The molecule has 0 aliphatic rings. The van der Waals surface area contributed by atoms with E-state index in [1.807, 2.05) is 101 Å². The zero-order valence-electron chi connectivity index (χ0n) is 18.3. The van der Waals surface area contributed by atoms with E-state index in [9.17, 15) is 9.59 Å². The molecule has 0 aliphatic carbocycles. The summed E-state index contributed by atoms with van der Waals surface area (Å²) in [6, 6.07) is 3.60. The Morgan fingerprint density at radius 2 is 1.07 bits per heavy atom. The molecule has 0 amide bonds. The minimum absolute atomic E-state index is 0.461. The number of nitrogens with zero attached hydrogens (tertiary/aromatic N) is 2. The number of Topliss-reactive ketones (excluding diaryl/α,β-unsaturated/α-hetero) is 2. The van der Waals surface area contributed by atoms with Crippen LogP contribution in [0.3, 0.4) is 0 Å². The van der Waals surface area contributed by atoms with Crippen molar-refractivity contribution in [3.05, 3.63) is 79.5 Å². The minimum atomic E-state index is -0.466. The van der Waals surface area contributed by atoms with Crippen molar-refractivity contribution < 1.29 is 9.59 Å². The van der Waals surface area contributed by atoms with Gasteiger partial charge >= 0.3 is 0 Å². The van der Waals surface area contributed by atoms with Gasteiger partial charge in [-0.3, -0.25) is 9.59 Å². The Hall–Kier alpha value is -2.70. The van der Waals surface area contributed by atoms with Gasteiger partial charge in [-0.15, -0.1) is 22.7 Å². The van der Waals surface area contributed by atoms with Gasteiger partial charge in [-0.25, -0.2) is 0 Å². The number of aryl methyl sites for hydroxylation is 2. The monoisotopic (exact) mass is 440 g/mol. The van der Waals surface area contributed by atoms with Crippen molar-refractivity contribution in [3.63, 3.8) is 0 Å². The lowest BCUT2D eigenvalue weighted by Gasteiger charge is -2.02. The van der Waals surface area contributed by atoms with Gasteiger partial charge in [0, 0.05) is 58.8 Å². The summed E-state index contributed by atoms with van der Waals surface area (Å²) in [4.78, 5) is 33.6. The molecular formula is C24H28N2O2S2. The highest BCUT2D eigenvalue weighted by molar-refractivity contribution is 7.14. The summed E-state index contributed by atoms with van der Waals surface area (Å²) in [6.45, 7) is 3.89. The van der Waals surface area contributed by atoms with Crippen LogP contribution in [0.25, 0.3) is 12.2 Å². The molecule has 0 atom stereocenters. The lowest BCUT2D eigenvalue weighted by atomic mass is 10.0. The van der Waals surface area contributed by atoms with Crippen molar-refractivity contribution in [3.8, 4) is 0 Å². The van der Waals surface area contributed by atoms with Gasteiger partial charge in [-0.2, -0.15) is 0 Å². The second kappa shape index (κ2) is 10.9. The van der Waals surface area contributed by atoms with E-state index in [-0.39, 0.29) is 0 Å². The van der Waals surface area contributed by atoms with Crippen LogP contribution in [0.1, 0.15) is 40.2 Å². The molecule has 2 heterocycles. The smallest absolute Gasteiger partial charge is 0.235 e. The molecule has 0 saturated heterocycles. The molecule has 2 rings (SSSR count). The van der Waals surface area contributed by atoms with Gasteiger partial charge < -0.3 is 9.80 Å². The topological polar surface area (TPSA) is 40.6 Å². The third kappa shape index (κ3) is 6.68. The third-order valence-electron chi connectivity index (χ3n) is 3.95. The number of allylic oxidation sites excluding steroid dienone is 4. The number of carbonyl (C=O) groups is 2. The van der Waals surface area contributed by atoms with Crippen LogP contribution >= 0.6 is 22.7 Å². The van der Waals surface area contributed by atoms with Crippen LogP contribution in [-0.4, -0.2) is 49.6 Å². The van der Waals surface area contributed by atoms with E-state index < -0.39 is 11.6 Å². The second-order valence-electron chi connectivity index (χ2n) is 7.26. The van der Waals surface area contributed by atoms with Crippen LogP contribution in [0.4, 0.5) is 0 Å². The molecular weight excluding hydrogens is 412 g/mol. The van der Waals surface area contributed by atoms with Gasteiger partial charge in [0.05, 0.1) is 0 Å². The number of hydrogen-bond acceptors (Lipinski definition) is 6. The summed E-state index contributed by atoms with van der Waals surface area (Å²) >= 11 is 3.02. The zero-order valence-corrected chi connectivity index (χ0v) is 19.9. The molecule has 0 N–H and O–H groups in total. The summed E-state index contributed by atoms with van der Waals surface area (Å²) in [5.74, 6) is -0.932. The quantitative estimate of drug-likeness (QED) is 0.286. The van der Waals surface area contributed by atoms with Crippen molar-refractivity contribution in [2.75, 3.05) is 28.2 Å². The van der Waals surface area contributed by atoms with Crippen LogP contribution in [0, 0.1) is 13.8 Å². The number of hydrogen-bond donors (Lipinski definition) is 0. The maximum Gasteiger partial charge on any atom is 0.235 e. The highest BCUT2D eigenvalue weighted by atomic mass is 32.1. The van der Waals surface area contributed by atoms with Crippen molar-refractivity contribution in [2.24, 2.45) is 0 Å². The summed E-state index contributed by atoms with van der Waals surface area (Å²) in [6.07, 6.45) is 15.2. The van der Waals surface area contributed by atoms with Crippen LogP contribution in [0.5, 0.6) is 0 Å². The summed E-state index contributed by atoms with van der Waals surface area (Å²) in [7, 11) is 7.77. The van der Waals surface area contributed by atoms with Crippen LogP contribution in [0.2, 0.25) is 0 Å². The van der Waals surface area contributed by atoms with Gasteiger partial charge in [0.2, 0.25) is 11.6 Å². The number of thiophene rings is 2. The van der Waals surface area contributed by atoms with Gasteiger partial charge in [-0.1, -0.05) is 12.2 Å². The zero-order chi connectivity index (χ0) is 22.3. The molecule has 0 aromatic carbocycles. The largest absolute Gasteiger partial charge is 0.383 e. The Morgan fingerprint density at radius 1 is 0.700 bits per heavy atom. The molecule has 0 saturated carbocycles. The van der Waals surface area contributed by atoms with E-state index >= 15 is 0 Å². The first-order valence-corrected chi connectivity index (χ1v) is 11.1. The summed E-state index contributed by atoms with van der Waals surface area (Å²) < 4.78 is 0. The van der Waals surface area contributed by atoms with E-state index in [0.29, 0.717) is 11.1 Å². The summed E-state index contributed by atoms with van der Waals surface area (Å²) in [5.41, 5.74) is 0.923. The predicted octanol–water partition coefficient (Wildman–Crippen LogP) is 5.67. The van der Waals surface area contributed by atoms with Gasteiger partial charge in [0.25, 0.3) is 0 Å². The molecule has 6 heteroatoms. The first-order chi connectivity index (χ1) is 14.2. The Balaban J connectivity index is 2.30. The van der Waals surface area contributed by atoms with Crippen molar-refractivity contribution >= 4 is 46.4 Å². The molecule has 2 aromatic rings. The number of rotatable bonds is 9. The fourth-order valence-electron chi connectivity index (χ4n) is 2.64. The molecule has 0 unspecified atom stereocenters. The Morgan fingerprint density at radius 3 is 1.40 bits per heavy atom. The van der Waals surface area contributed by atoms with Crippen LogP contribution in [-0.2, 0) is 0 Å². The molecule has 0 aliphatic heterocycles. The van der Waals surface area contributed by atoms with Gasteiger partial charge in [-0.05, 0) is 62.7 Å². The molecule has 0 bridgehead atoms. The Bertz CT molecular complexity index is 936. The standard InChI is InChI=1S/C24H28N2O2S2/c1-17-15-19(21(29-17)11-7-9-13-25(3)4)23(27)24(28)20-16-18(2)30-22(20)12-8-10-14-26(5)6/h7-16H,1-6H3/b11-7+,12-8+,13-9+,14-10+. The molecule has 158 valence electrons. The Kier molecular flexibility index (Phi) is 8.57. The third-order valence-corrected chi connectivity index (χ3v) is 5.98. The van der Waals surface area contributed by atoms with E-state index in [1.54, 1.807) is 12.1 Å². The van der Waals surface area contributed by atoms with E-state index in [1.165, 1.54) is 22.7 Å². The predicted molar refractivity (Wildman–Crippen MR) is 130 cm³/mol. The van der Waals surface area contributed by atoms with Crippen molar-refractivity contribution in [1.29, 1.82) is 0 Å². The number of carbonyl (C=O) groups excluding carboxylic acids is 2. The first kappa shape index (κ1) is 23.6. The Labute approximate surface area is 187 Å². The molecule has 0 radical (unpaired) electrons. The average Bonchev–Trinajstić information content (AvgIpc) is 3.23. The normalized spacial score (nSPS) is 12.1. The van der Waals surface area contributed by atoms with Crippen molar-refractivity contribution in [2.45, 2.75) is 13.8 Å². The molecule has 4 nitrogen and oxygen atoms in total. The summed E-state index contributed by atoms with van der Waals surface area (Å²) in [5, 5.41) is 0. The van der Waals surface area contributed by atoms with Crippen molar-refractivity contribution in [1.82, 2.24) is 9.80 Å². The van der Waals surface area contributed by atoms with E-state index in [0.717, 1.165) is 19.5 Å². The van der Waals surface area contributed by atoms with E-state index in [2.05, 4.69) is 0 Å². The highest BCUT2D eigenvalue weighted by Crippen LogP contribution is 2.28. The molecule has 2 aromatic heterocycles. The lowest BCUT2D eigenvalue weighted by Crippen LogP contribution is -2.14. The molecule has 0 fully saturated rings. The maximum atomic E-state index is 13.1. The van der Waals surface area contributed by atoms with Crippen LogP contribution < -0.4 is 0 Å². The molecule has 0 spiro atoms. The fraction of sp³-hybridized carbons (Fsp3) is 0.250. The van der Waals surface area contributed by atoms with Gasteiger partial charge in [0.15, 0.2) is 0 Å². The maximum absolute atomic E-state index is 13.1. The fourth-order valence-corrected chi connectivity index (χ4v) is 4.50. The lowest BCUT2D eigenvalue weighted by molar-refractivity contribution is 0.0817. The van der Waals surface area contributed by atoms with E-state index in [4.69, 9.17) is 0 Å². The average molecular weight is 441 g/mol. The SMILES string of the molecule is Cc1cc(C(=O)C(=O)c2cc(C)sc2/C=C/C=C/N(C)C)c(/C=C/C=C/N(C)C)s1. The van der Waals surface area contributed by atoms with Crippen LogP contribution in [0.15, 0.2) is 48.8 Å². The highest BCUT2D eigenvalue weighted by Gasteiger charge is 2.25. The first-order valence-electron chi connectivity index (χ1n) is 9.51. The number of ketones is 2. The van der Waals surface area contributed by atoms with Gasteiger partial charge in [0.1, 0.15) is 0 Å². The molecule has 30 heavy (non-hydrogen) atoms. The minimum Gasteiger partial charge on any atom is -0.383 e.